The fourth-order valence-electron chi connectivity index (χ4n) is 2.12. The molecule has 4 nitrogen and oxygen atoms in total. The zero-order valence-corrected chi connectivity index (χ0v) is 13.0. The van der Waals surface area contributed by atoms with E-state index < -0.39 is 0 Å². The van der Waals surface area contributed by atoms with E-state index in [1.54, 1.807) is 25.3 Å². The molecule has 1 N–H and O–H groups in total. The van der Waals surface area contributed by atoms with Crippen LogP contribution in [0.25, 0.3) is 11.4 Å². The number of hydrogen-bond acceptors (Lipinski definition) is 4. The molecule has 0 amide bonds. The maximum absolute atomic E-state index is 13.4. The van der Waals surface area contributed by atoms with Crippen molar-refractivity contribution >= 4 is 23.1 Å². The Hall–Kier alpha value is -2.66. The lowest BCUT2D eigenvalue weighted by atomic mass is 10.2. The van der Waals surface area contributed by atoms with Gasteiger partial charge >= 0.3 is 0 Å². The van der Waals surface area contributed by atoms with Crippen LogP contribution < -0.4 is 10.1 Å². The normalized spacial score (nSPS) is 10.4. The second-order valence-electron chi connectivity index (χ2n) is 4.74. The van der Waals surface area contributed by atoms with Gasteiger partial charge in [-0.3, -0.25) is 0 Å². The number of aromatic nitrogens is 2. The summed E-state index contributed by atoms with van der Waals surface area (Å²) in [6.07, 6.45) is 0. The van der Waals surface area contributed by atoms with E-state index in [0.29, 0.717) is 23.0 Å². The van der Waals surface area contributed by atoms with Crippen molar-refractivity contribution < 1.29 is 9.13 Å². The molecule has 0 unspecified atom stereocenters. The molecule has 0 spiro atoms. The molecule has 0 aliphatic rings. The van der Waals surface area contributed by atoms with Crippen LogP contribution in [0, 0.1) is 5.82 Å². The van der Waals surface area contributed by atoms with Crippen LogP contribution in [0.15, 0.2) is 54.6 Å². The Labute approximate surface area is 137 Å². The van der Waals surface area contributed by atoms with Crippen LogP contribution >= 0.6 is 11.6 Å². The summed E-state index contributed by atoms with van der Waals surface area (Å²) < 4.78 is 18.7. The zero-order chi connectivity index (χ0) is 16.2. The summed E-state index contributed by atoms with van der Waals surface area (Å²) in [5.74, 6) is 1.16. The molecule has 1 heterocycles. The van der Waals surface area contributed by atoms with E-state index in [2.05, 4.69) is 15.3 Å². The summed E-state index contributed by atoms with van der Waals surface area (Å²) in [6, 6.07) is 15.1. The second kappa shape index (κ2) is 6.62. The molecule has 1 aromatic heterocycles. The summed E-state index contributed by atoms with van der Waals surface area (Å²) in [7, 11) is 1.59. The van der Waals surface area contributed by atoms with Gasteiger partial charge in [0.15, 0.2) is 5.82 Å². The van der Waals surface area contributed by atoms with Crippen molar-refractivity contribution in [3.05, 3.63) is 65.6 Å². The van der Waals surface area contributed by atoms with E-state index in [1.165, 1.54) is 12.1 Å². The van der Waals surface area contributed by atoms with Gasteiger partial charge in [0, 0.05) is 11.6 Å². The van der Waals surface area contributed by atoms with Gasteiger partial charge in [-0.2, -0.15) is 0 Å². The Kier molecular flexibility index (Phi) is 4.39. The summed E-state index contributed by atoms with van der Waals surface area (Å²) >= 11 is 6.06. The molecule has 6 heteroatoms. The summed E-state index contributed by atoms with van der Waals surface area (Å²) in [5.41, 5.74) is 1.30. The summed E-state index contributed by atoms with van der Waals surface area (Å²) in [6.45, 7) is 0. The Bertz CT molecular complexity index is 842. The van der Waals surface area contributed by atoms with Crippen LogP contribution in [0.2, 0.25) is 5.15 Å². The van der Waals surface area contributed by atoms with Gasteiger partial charge in [0.05, 0.1) is 12.8 Å². The molecule has 3 rings (SSSR count). The Morgan fingerprint density at radius 3 is 2.65 bits per heavy atom. The maximum atomic E-state index is 13.4. The van der Waals surface area contributed by atoms with E-state index in [9.17, 15) is 4.39 Å². The lowest BCUT2D eigenvalue weighted by Crippen LogP contribution is -1.99. The third kappa shape index (κ3) is 3.57. The smallest absolute Gasteiger partial charge is 0.163 e. The molecule has 0 atom stereocenters. The highest BCUT2D eigenvalue weighted by molar-refractivity contribution is 6.29. The average molecular weight is 330 g/mol. The highest BCUT2D eigenvalue weighted by Gasteiger charge is 2.09. The van der Waals surface area contributed by atoms with Gasteiger partial charge < -0.3 is 10.1 Å². The van der Waals surface area contributed by atoms with Crippen molar-refractivity contribution in [2.24, 2.45) is 0 Å². The van der Waals surface area contributed by atoms with Crippen molar-refractivity contribution in [1.82, 2.24) is 9.97 Å². The van der Waals surface area contributed by atoms with Gasteiger partial charge in [0.2, 0.25) is 0 Å². The van der Waals surface area contributed by atoms with E-state index >= 15 is 0 Å². The number of anilines is 2. The number of nitrogens with zero attached hydrogens (tertiary/aromatic N) is 2. The lowest BCUT2D eigenvalue weighted by Gasteiger charge is -2.11. The molecule has 0 saturated carbocycles. The quantitative estimate of drug-likeness (QED) is 0.705. The minimum Gasteiger partial charge on any atom is -0.495 e. The molecule has 23 heavy (non-hydrogen) atoms. The molecular weight excluding hydrogens is 317 g/mol. The molecule has 3 aromatic rings. The van der Waals surface area contributed by atoms with Crippen molar-refractivity contribution in [2.45, 2.75) is 0 Å². The number of rotatable bonds is 4. The van der Waals surface area contributed by atoms with E-state index in [0.717, 1.165) is 5.69 Å². The SMILES string of the molecule is COc1ccccc1Nc1cc(Cl)nc(-c2cccc(F)c2)n1. The number of hydrogen-bond donors (Lipinski definition) is 1. The van der Waals surface area contributed by atoms with Crippen LogP contribution in [0.3, 0.4) is 0 Å². The predicted molar refractivity (Wildman–Crippen MR) is 88.7 cm³/mol. The van der Waals surface area contributed by atoms with Crippen molar-refractivity contribution in [3.63, 3.8) is 0 Å². The number of ether oxygens (including phenoxy) is 1. The standard InChI is InChI=1S/C17H13ClFN3O/c1-23-14-8-3-2-7-13(14)20-16-10-15(18)21-17(22-16)11-5-4-6-12(19)9-11/h2-10H,1H3,(H,20,21,22). The van der Waals surface area contributed by atoms with Crippen molar-refractivity contribution in [3.8, 4) is 17.1 Å². The Morgan fingerprint density at radius 1 is 1.04 bits per heavy atom. The molecule has 0 aliphatic carbocycles. The van der Waals surface area contributed by atoms with Crippen LogP contribution in [-0.2, 0) is 0 Å². The number of nitrogens with one attached hydrogen (secondary N) is 1. The van der Waals surface area contributed by atoms with Crippen molar-refractivity contribution in [1.29, 1.82) is 0 Å². The first-order valence-corrected chi connectivity index (χ1v) is 7.24. The van der Waals surface area contributed by atoms with Gasteiger partial charge in [-0.05, 0) is 24.3 Å². The molecule has 0 fully saturated rings. The summed E-state index contributed by atoms with van der Waals surface area (Å²) in [5, 5.41) is 3.40. The van der Waals surface area contributed by atoms with Crippen molar-refractivity contribution in [2.75, 3.05) is 12.4 Å². The fraction of sp³-hybridized carbons (Fsp3) is 0.0588. The monoisotopic (exact) mass is 329 g/mol. The van der Waals surface area contributed by atoms with Crippen LogP contribution in [0.1, 0.15) is 0 Å². The van der Waals surface area contributed by atoms with E-state index in [1.807, 2.05) is 24.3 Å². The van der Waals surface area contributed by atoms with E-state index in [-0.39, 0.29) is 11.0 Å². The molecule has 0 saturated heterocycles. The zero-order valence-electron chi connectivity index (χ0n) is 12.3. The minimum atomic E-state index is -0.356. The Morgan fingerprint density at radius 2 is 1.87 bits per heavy atom. The largest absolute Gasteiger partial charge is 0.495 e. The Balaban J connectivity index is 1.98. The third-order valence-corrected chi connectivity index (χ3v) is 3.34. The van der Waals surface area contributed by atoms with Crippen LogP contribution in [-0.4, -0.2) is 17.1 Å². The highest BCUT2D eigenvalue weighted by Crippen LogP contribution is 2.28. The van der Waals surface area contributed by atoms with Gasteiger partial charge in [-0.25, -0.2) is 14.4 Å². The highest BCUT2D eigenvalue weighted by atomic mass is 35.5. The first kappa shape index (κ1) is 15.2. The molecular formula is C17H13ClFN3O. The van der Waals surface area contributed by atoms with Gasteiger partial charge in [-0.15, -0.1) is 0 Å². The van der Waals surface area contributed by atoms with Gasteiger partial charge in [-0.1, -0.05) is 35.9 Å². The van der Waals surface area contributed by atoms with E-state index in [4.69, 9.17) is 16.3 Å². The average Bonchev–Trinajstić information content (AvgIpc) is 2.55. The summed E-state index contributed by atoms with van der Waals surface area (Å²) in [4.78, 5) is 8.53. The molecule has 2 aromatic carbocycles. The number of methoxy groups -OCH3 is 1. The third-order valence-electron chi connectivity index (χ3n) is 3.15. The van der Waals surface area contributed by atoms with Gasteiger partial charge in [0.25, 0.3) is 0 Å². The topological polar surface area (TPSA) is 47.0 Å². The molecule has 116 valence electrons. The molecule has 0 aliphatic heterocycles. The number of para-hydroxylation sites is 2. The van der Waals surface area contributed by atoms with Crippen LogP contribution in [0.5, 0.6) is 5.75 Å². The number of benzene rings is 2. The number of halogens is 2. The lowest BCUT2D eigenvalue weighted by molar-refractivity contribution is 0.417. The predicted octanol–water partition coefficient (Wildman–Crippen LogP) is 4.69. The first-order chi connectivity index (χ1) is 11.2. The molecule has 0 radical (unpaired) electrons. The maximum Gasteiger partial charge on any atom is 0.163 e. The van der Waals surface area contributed by atoms with Gasteiger partial charge in [0.1, 0.15) is 22.5 Å². The first-order valence-electron chi connectivity index (χ1n) is 6.86. The fourth-order valence-corrected chi connectivity index (χ4v) is 2.31. The van der Waals surface area contributed by atoms with Crippen LogP contribution in [0.4, 0.5) is 15.9 Å². The second-order valence-corrected chi connectivity index (χ2v) is 5.12. The molecule has 0 bridgehead atoms. The minimum absolute atomic E-state index is 0.261.